The van der Waals surface area contributed by atoms with Gasteiger partial charge >= 0.3 is 5.63 Å². The van der Waals surface area contributed by atoms with Gasteiger partial charge in [0.2, 0.25) is 0 Å². The van der Waals surface area contributed by atoms with Gasteiger partial charge in [-0.2, -0.15) is 0 Å². The minimum atomic E-state index is -0.398. The van der Waals surface area contributed by atoms with Crippen LogP contribution < -0.4 is 20.4 Å². The van der Waals surface area contributed by atoms with Gasteiger partial charge in [0.1, 0.15) is 17.1 Å². The Hall–Kier alpha value is -3.28. The first-order valence-corrected chi connectivity index (χ1v) is 9.13. The van der Waals surface area contributed by atoms with Gasteiger partial charge in [0.25, 0.3) is 5.91 Å². The zero-order valence-electron chi connectivity index (χ0n) is 16.2. The first kappa shape index (κ1) is 19.5. The summed E-state index contributed by atoms with van der Waals surface area (Å²) in [5.74, 6) is 0.916. The zero-order valence-corrected chi connectivity index (χ0v) is 16.2. The number of ether oxygens (including phenoxy) is 2. The largest absolute Gasteiger partial charge is 0.496 e. The molecule has 0 aliphatic rings. The number of amides is 1. The third kappa shape index (κ3) is 4.34. The summed E-state index contributed by atoms with van der Waals surface area (Å²) in [4.78, 5) is 23.9. The van der Waals surface area contributed by atoms with Crippen LogP contribution in [-0.2, 0) is 11.2 Å². The van der Waals surface area contributed by atoms with Crippen molar-refractivity contribution < 1.29 is 18.7 Å². The SMILES string of the molecule is CCc1cc(=O)oc2cc(OCC(=O)NC(C)c3ccccc3OC)ccc12. The molecule has 1 unspecified atom stereocenters. The van der Waals surface area contributed by atoms with E-state index in [1.807, 2.05) is 44.2 Å². The van der Waals surface area contributed by atoms with E-state index in [1.54, 1.807) is 19.2 Å². The quantitative estimate of drug-likeness (QED) is 0.633. The molecule has 3 rings (SSSR count). The molecule has 0 saturated carbocycles. The van der Waals surface area contributed by atoms with Gasteiger partial charge < -0.3 is 19.2 Å². The highest BCUT2D eigenvalue weighted by Gasteiger charge is 2.14. The average Bonchev–Trinajstić information content (AvgIpc) is 2.71. The summed E-state index contributed by atoms with van der Waals surface area (Å²) in [5.41, 5.74) is 1.86. The van der Waals surface area contributed by atoms with E-state index in [4.69, 9.17) is 13.9 Å². The van der Waals surface area contributed by atoms with Crippen molar-refractivity contribution in [2.45, 2.75) is 26.3 Å². The number of benzene rings is 2. The fraction of sp³-hybridized carbons (Fsp3) is 0.273. The maximum absolute atomic E-state index is 12.3. The molecule has 146 valence electrons. The Labute approximate surface area is 163 Å². The molecule has 0 aliphatic heterocycles. The lowest BCUT2D eigenvalue weighted by Gasteiger charge is -2.17. The molecule has 6 heteroatoms. The van der Waals surface area contributed by atoms with Crippen LogP contribution in [0.5, 0.6) is 11.5 Å². The van der Waals surface area contributed by atoms with E-state index < -0.39 is 5.63 Å². The van der Waals surface area contributed by atoms with E-state index in [2.05, 4.69) is 5.32 Å². The van der Waals surface area contributed by atoms with E-state index in [-0.39, 0.29) is 18.6 Å². The Kier molecular flexibility index (Phi) is 5.99. The smallest absolute Gasteiger partial charge is 0.336 e. The van der Waals surface area contributed by atoms with Crippen LogP contribution in [0.15, 0.2) is 57.7 Å². The number of carbonyl (C=O) groups is 1. The molecule has 0 fully saturated rings. The Bertz CT molecular complexity index is 1040. The van der Waals surface area contributed by atoms with Gasteiger partial charge in [-0.3, -0.25) is 4.79 Å². The van der Waals surface area contributed by atoms with Crippen molar-refractivity contribution in [2.75, 3.05) is 13.7 Å². The monoisotopic (exact) mass is 381 g/mol. The van der Waals surface area contributed by atoms with Gasteiger partial charge in [-0.25, -0.2) is 4.79 Å². The number of rotatable bonds is 7. The molecule has 1 atom stereocenters. The summed E-state index contributed by atoms with van der Waals surface area (Å²) in [5, 5.41) is 3.75. The normalized spacial score (nSPS) is 11.8. The minimum Gasteiger partial charge on any atom is -0.496 e. The molecular formula is C22H23NO5. The number of carbonyl (C=O) groups excluding carboxylic acids is 1. The number of fused-ring (bicyclic) bond motifs is 1. The first-order valence-electron chi connectivity index (χ1n) is 9.13. The number of aryl methyl sites for hydroxylation is 1. The third-order valence-corrected chi connectivity index (χ3v) is 4.54. The third-order valence-electron chi connectivity index (χ3n) is 4.54. The molecule has 1 aromatic heterocycles. The van der Waals surface area contributed by atoms with Crippen LogP contribution in [0.3, 0.4) is 0 Å². The molecule has 0 bridgehead atoms. The van der Waals surface area contributed by atoms with E-state index >= 15 is 0 Å². The highest BCUT2D eigenvalue weighted by atomic mass is 16.5. The summed E-state index contributed by atoms with van der Waals surface area (Å²) in [6, 6.07) is 14.0. The van der Waals surface area contributed by atoms with E-state index in [1.165, 1.54) is 6.07 Å². The van der Waals surface area contributed by atoms with Crippen LogP contribution in [0.4, 0.5) is 0 Å². The predicted molar refractivity (Wildman–Crippen MR) is 107 cm³/mol. The maximum Gasteiger partial charge on any atom is 0.336 e. The molecule has 0 aliphatic carbocycles. The Morgan fingerprint density at radius 2 is 1.96 bits per heavy atom. The second-order valence-electron chi connectivity index (χ2n) is 6.42. The van der Waals surface area contributed by atoms with Crippen molar-refractivity contribution in [1.82, 2.24) is 5.32 Å². The molecule has 0 spiro atoms. The number of para-hydroxylation sites is 1. The zero-order chi connectivity index (χ0) is 20.1. The first-order chi connectivity index (χ1) is 13.5. The molecule has 0 radical (unpaired) electrons. The van der Waals surface area contributed by atoms with Crippen molar-refractivity contribution in [3.05, 3.63) is 70.1 Å². The fourth-order valence-electron chi connectivity index (χ4n) is 3.13. The van der Waals surface area contributed by atoms with E-state index in [9.17, 15) is 9.59 Å². The Morgan fingerprint density at radius 1 is 1.18 bits per heavy atom. The molecule has 28 heavy (non-hydrogen) atoms. The lowest BCUT2D eigenvalue weighted by atomic mass is 10.1. The molecule has 2 aromatic carbocycles. The van der Waals surface area contributed by atoms with Crippen LogP contribution >= 0.6 is 0 Å². The van der Waals surface area contributed by atoms with Gasteiger partial charge in [0, 0.05) is 23.1 Å². The van der Waals surface area contributed by atoms with Crippen LogP contribution in [0.25, 0.3) is 11.0 Å². The van der Waals surface area contributed by atoms with Gasteiger partial charge in [-0.05, 0) is 37.1 Å². The van der Waals surface area contributed by atoms with Gasteiger partial charge in [-0.15, -0.1) is 0 Å². The molecule has 6 nitrogen and oxygen atoms in total. The number of nitrogens with one attached hydrogen (secondary N) is 1. The summed E-state index contributed by atoms with van der Waals surface area (Å²) in [7, 11) is 1.60. The lowest BCUT2D eigenvalue weighted by molar-refractivity contribution is -0.123. The van der Waals surface area contributed by atoms with Crippen molar-refractivity contribution in [2.24, 2.45) is 0 Å². The Balaban J connectivity index is 1.66. The average molecular weight is 381 g/mol. The standard InChI is InChI=1S/C22H23NO5/c1-4-15-11-22(25)28-20-12-16(9-10-18(15)20)27-13-21(24)23-14(2)17-7-5-6-8-19(17)26-3/h5-12,14H,4,13H2,1-3H3,(H,23,24). The molecule has 1 heterocycles. The topological polar surface area (TPSA) is 77.8 Å². The summed E-state index contributed by atoms with van der Waals surface area (Å²) < 4.78 is 16.2. The predicted octanol–water partition coefficient (Wildman–Crippen LogP) is 3.62. The van der Waals surface area contributed by atoms with Crippen LogP contribution in [0.2, 0.25) is 0 Å². The highest BCUT2D eigenvalue weighted by Crippen LogP contribution is 2.25. The molecule has 3 aromatic rings. The van der Waals surface area contributed by atoms with Gasteiger partial charge in [0.15, 0.2) is 6.61 Å². The number of hydrogen-bond acceptors (Lipinski definition) is 5. The summed E-state index contributed by atoms with van der Waals surface area (Å²) in [6.45, 7) is 3.71. The Morgan fingerprint density at radius 3 is 2.71 bits per heavy atom. The lowest BCUT2D eigenvalue weighted by Crippen LogP contribution is -2.31. The summed E-state index contributed by atoms with van der Waals surface area (Å²) in [6.07, 6.45) is 0.728. The maximum atomic E-state index is 12.3. The summed E-state index contributed by atoms with van der Waals surface area (Å²) >= 11 is 0. The van der Waals surface area contributed by atoms with Crippen molar-refractivity contribution in [1.29, 1.82) is 0 Å². The number of methoxy groups -OCH3 is 1. The van der Waals surface area contributed by atoms with Crippen LogP contribution in [0.1, 0.15) is 31.0 Å². The second-order valence-corrected chi connectivity index (χ2v) is 6.42. The van der Waals surface area contributed by atoms with Gasteiger partial charge in [0.05, 0.1) is 13.2 Å². The van der Waals surface area contributed by atoms with Crippen molar-refractivity contribution in [3.63, 3.8) is 0 Å². The molecule has 0 saturated heterocycles. The molecular weight excluding hydrogens is 358 g/mol. The van der Waals surface area contributed by atoms with Crippen LogP contribution in [-0.4, -0.2) is 19.6 Å². The highest BCUT2D eigenvalue weighted by molar-refractivity contribution is 5.82. The van der Waals surface area contributed by atoms with Gasteiger partial charge in [-0.1, -0.05) is 25.1 Å². The molecule has 1 N–H and O–H groups in total. The van der Waals surface area contributed by atoms with Crippen molar-refractivity contribution >= 4 is 16.9 Å². The number of hydrogen-bond donors (Lipinski definition) is 1. The van der Waals surface area contributed by atoms with Crippen molar-refractivity contribution in [3.8, 4) is 11.5 Å². The van der Waals surface area contributed by atoms with Crippen LogP contribution in [0, 0.1) is 0 Å². The second kappa shape index (κ2) is 8.61. The van der Waals surface area contributed by atoms with E-state index in [0.717, 1.165) is 22.9 Å². The van der Waals surface area contributed by atoms with E-state index in [0.29, 0.717) is 17.1 Å². The molecule has 1 amide bonds. The fourth-order valence-corrected chi connectivity index (χ4v) is 3.13. The minimum absolute atomic E-state index is 0.150.